The molecule has 422 valence electrons. The summed E-state index contributed by atoms with van der Waals surface area (Å²) in [6, 6.07) is 25.2. The van der Waals surface area contributed by atoms with Crippen molar-refractivity contribution in [1.29, 1.82) is 0 Å². The van der Waals surface area contributed by atoms with E-state index in [4.69, 9.17) is 11.5 Å². The van der Waals surface area contributed by atoms with Crippen LogP contribution in [0.3, 0.4) is 0 Å². The van der Waals surface area contributed by atoms with E-state index >= 15 is 4.79 Å². The first-order valence-corrected chi connectivity index (χ1v) is 27.1. The zero-order valence-electron chi connectivity index (χ0n) is 43.9. The first-order chi connectivity index (χ1) is 37.8. The number of nitrogens with two attached hydrogens (primary N) is 2. The number of nitrogens with one attached hydrogen (secondary N) is 7. The molecule has 0 heterocycles. The number of carbonyl (C=O) groups is 8. The maximum Gasteiger partial charge on any atom is 0.327 e. The molecule has 0 radical (unpaired) electrons. The lowest BCUT2D eigenvalue weighted by atomic mass is 9.90. The van der Waals surface area contributed by atoms with Gasteiger partial charge in [-0.2, -0.15) is 25.3 Å². The molecule has 0 spiro atoms. The number of amides is 7. The Morgan fingerprint density at radius 1 is 0.494 bits per heavy atom. The van der Waals surface area contributed by atoms with E-state index in [1.54, 1.807) is 85.8 Å². The second-order valence-electron chi connectivity index (χ2n) is 19.3. The molecule has 0 aliphatic heterocycles. The van der Waals surface area contributed by atoms with Crippen LogP contribution in [0.2, 0.25) is 0 Å². The van der Waals surface area contributed by atoms with Crippen LogP contribution < -0.4 is 48.7 Å². The van der Waals surface area contributed by atoms with Crippen molar-refractivity contribution in [3.63, 3.8) is 0 Å². The molecular weight excluding hydrogens is 1050 g/mol. The standard InChI is InChI=1S/C57H71N9O11S2/c1-33(39-23-22-38-17-9-10-18-40(38)30-39)48(65-54(73)46(29-37-20-24-41(68)25-21-37)62-52(71)44(61-50(69)42(59)31-78)27-35-13-5-3-6-14-35)55(74)60-43(19-11-12-26-58)51(70)66-49(34(2)67)56(75)63-45(28-36-15-7-4-8-16-36)53(72)64-47(32-79)57(76)77/h3-10,13-18,20-25,30,33-34,42-49,67-68,78-79H,11-12,19,26-29,31-32,58-59H2,1-2H3,(H,60,74)(H,61,69)(H,62,71)(H,63,75)(H,64,72)(H,65,73)(H,66,70)(H,76,77)/t33?,34-,42-,43+,44+,45+,46+,47+,48+,49+/m1/s1. The summed E-state index contributed by atoms with van der Waals surface area (Å²) in [6.07, 6.45) is -1.14. The number of aliphatic hydroxyl groups excluding tert-OH is 1. The molecule has 7 amide bonds. The number of aliphatic carboxylic acids is 1. The Hall–Kier alpha value is -7.50. The molecule has 0 aliphatic carbocycles. The molecule has 0 bridgehead atoms. The molecule has 0 saturated heterocycles. The van der Waals surface area contributed by atoms with Crippen LogP contribution in [0.4, 0.5) is 0 Å². The molecule has 0 aliphatic rings. The van der Waals surface area contributed by atoms with Gasteiger partial charge in [-0.15, -0.1) is 0 Å². The van der Waals surface area contributed by atoms with Crippen molar-refractivity contribution in [1.82, 2.24) is 37.2 Å². The van der Waals surface area contributed by atoms with E-state index in [0.29, 0.717) is 35.1 Å². The molecule has 79 heavy (non-hydrogen) atoms. The number of hydrogen-bond acceptors (Lipinski definition) is 14. The van der Waals surface area contributed by atoms with Crippen LogP contribution >= 0.6 is 25.3 Å². The predicted octanol–water partition coefficient (Wildman–Crippen LogP) is 1.55. The summed E-state index contributed by atoms with van der Waals surface area (Å²) < 4.78 is 0. The number of carboxylic acids is 1. The minimum absolute atomic E-state index is 0.00763. The second-order valence-corrected chi connectivity index (χ2v) is 20.0. The highest BCUT2D eigenvalue weighted by atomic mass is 32.1. The Bertz CT molecular complexity index is 2850. The monoisotopic (exact) mass is 1120 g/mol. The van der Waals surface area contributed by atoms with Gasteiger partial charge in [0, 0.05) is 36.7 Å². The van der Waals surface area contributed by atoms with Crippen molar-refractivity contribution >= 4 is 83.3 Å². The summed E-state index contributed by atoms with van der Waals surface area (Å²) in [5, 5.41) is 51.0. The Morgan fingerprint density at radius 2 is 0.937 bits per heavy atom. The van der Waals surface area contributed by atoms with Crippen LogP contribution in [0.1, 0.15) is 61.3 Å². The van der Waals surface area contributed by atoms with Crippen molar-refractivity contribution in [2.75, 3.05) is 18.1 Å². The van der Waals surface area contributed by atoms with Gasteiger partial charge in [-0.1, -0.05) is 122 Å². The van der Waals surface area contributed by atoms with Gasteiger partial charge in [-0.3, -0.25) is 33.6 Å². The number of phenolic OH excluding ortho intramolecular Hbond substituents is 1. The quantitative estimate of drug-likeness (QED) is 0.0230. The van der Waals surface area contributed by atoms with Crippen molar-refractivity contribution < 1.29 is 53.7 Å². The first kappa shape index (κ1) is 62.3. The number of aliphatic hydroxyl groups is 1. The Kier molecular flexibility index (Phi) is 24.6. The largest absolute Gasteiger partial charge is 0.508 e. The highest BCUT2D eigenvalue weighted by Crippen LogP contribution is 2.25. The maximum atomic E-state index is 15.0. The van der Waals surface area contributed by atoms with Gasteiger partial charge in [-0.05, 0) is 77.9 Å². The lowest BCUT2D eigenvalue weighted by Crippen LogP contribution is -2.62. The number of benzene rings is 5. The van der Waals surface area contributed by atoms with Crippen LogP contribution in [0, 0.1) is 0 Å². The third kappa shape index (κ3) is 19.1. The van der Waals surface area contributed by atoms with E-state index < -0.39 is 108 Å². The number of thiol groups is 2. The fraction of sp³-hybridized carbons (Fsp3) is 0.368. The highest BCUT2D eigenvalue weighted by Gasteiger charge is 2.37. The Morgan fingerprint density at radius 3 is 1.46 bits per heavy atom. The van der Waals surface area contributed by atoms with E-state index in [-0.39, 0.29) is 49.5 Å². The van der Waals surface area contributed by atoms with Crippen molar-refractivity contribution in [3.8, 4) is 5.75 Å². The van der Waals surface area contributed by atoms with Crippen LogP contribution in [-0.2, 0) is 57.6 Å². The minimum atomic E-state index is -1.71. The molecule has 5 rings (SSSR count). The topological polar surface area (TPSA) is 334 Å². The van der Waals surface area contributed by atoms with Crippen molar-refractivity contribution in [2.45, 2.75) is 113 Å². The summed E-state index contributed by atoms with van der Waals surface area (Å²) in [4.78, 5) is 112. The van der Waals surface area contributed by atoms with Crippen molar-refractivity contribution in [3.05, 3.63) is 150 Å². The normalized spacial score (nSPS) is 15.0. The predicted molar refractivity (Wildman–Crippen MR) is 306 cm³/mol. The van der Waals surface area contributed by atoms with Gasteiger partial charge in [0.05, 0.1) is 12.1 Å². The summed E-state index contributed by atoms with van der Waals surface area (Å²) in [6.45, 7) is 3.16. The van der Waals surface area contributed by atoms with E-state index in [9.17, 15) is 48.9 Å². The van der Waals surface area contributed by atoms with E-state index in [0.717, 1.165) is 10.8 Å². The molecule has 5 aromatic rings. The lowest BCUT2D eigenvalue weighted by molar-refractivity contribution is -0.141. The third-order valence-electron chi connectivity index (χ3n) is 13.2. The van der Waals surface area contributed by atoms with Gasteiger partial charge in [-0.25, -0.2) is 4.79 Å². The summed E-state index contributed by atoms with van der Waals surface area (Å²) >= 11 is 8.17. The molecule has 14 N–H and O–H groups in total. The highest BCUT2D eigenvalue weighted by molar-refractivity contribution is 7.80. The van der Waals surface area contributed by atoms with E-state index in [2.05, 4.69) is 62.5 Å². The molecule has 20 nitrogen and oxygen atoms in total. The van der Waals surface area contributed by atoms with E-state index in [1.165, 1.54) is 19.1 Å². The van der Waals surface area contributed by atoms with Gasteiger partial charge in [0.25, 0.3) is 0 Å². The minimum Gasteiger partial charge on any atom is -0.508 e. The van der Waals surface area contributed by atoms with Crippen LogP contribution in [0.25, 0.3) is 10.8 Å². The van der Waals surface area contributed by atoms with Gasteiger partial charge in [0.1, 0.15) is 48.0 Å². The van der Waals surface area contributed by atoms with Gasteiger partial charge < -0.3 is 64.0 Å². The average Bonchev–Trinajstić information content (AvgIpc) is 3.45. The summed E-state index contributed by atoms with van der Waals surface area (Å²) in [5.41, 5.74) is 14.2. The maximum absolute atomic E-state index is 15.0. The summed E-state index contributed by atoms with van der Waals surface area (Å²) in [7, 11) is 0. The van der Waals surface area contributed by atoms with Gasteiger partial charge in [0.2, 0.25) is 41.4 Å². The smallest absolute Gasteiger partial charge is 0.327 e. The lowest BCUT2D eigenvalue weighted by Gasteiger charge is -2.31. The second kappa shape index (κ2) is 31.2. The molecular formula is C57H71N9O11S2. The number of rotatable bonds is 30. The number of carbonyl (C=O) groups excluding carboxylic acids is 7. The number of unbranched alkanes of at least 4 members (excludes halogenated alkanes) is 1. The average molecular weight is 1120 g/mol. The molecule has 0 aromatic heterocycles. The zero-order valence-corrected chi connectivity index (χ0v) is 45.7. The Labute approximate surface area is 469 Å². The van der Waals surface area contributed by atoms with Crippen LogP contribution in [0.15, 0.2) is 127 Å². The SMILES string of the molecule is CC(c1ccc2ccccc2c1)[C@H](NC(=O)[C@H](Cc1ccc(O)cc1)NC(=O)[C@H](Cc1ccccc1)NC(=O)[C@H](N)CS)C(=O)N[C@@H](CCCCN)C(=O)N[C@H](C(=O)N[C@@H](Cc1ccccc1)C(=O)N[C@@H](CS)C(=O)O)[C@@H](C)O. The molecule has 0 fully saturated rings. The number of aromatic hydroxyl groups is 1. The molecule has 0 saturated carbocycles. The summed E-state index contributed by atoms with van der Waals surface area (Å²) in [5.74, 6) is -8.41. The third-order valence-corrected chi connectivity index (χ3v) is 14.0. The fourth-order valence-corrected chi connectivity index (χ4v) is 9.00. The Balaban J connectivity index is 1.49. The number of hydrogen-bond donors (Lipinski definition) is 14. The van der Waals surface area contributed by atoms with Crippen LogP contribution in [0.5, 0.6) is 5.75 Å². The first-order valence-electron chi connectivity index (χ1n) is 25.9. The van der Waals surface area contributed by atoms with Crippen molar-refractivity contribution in [2.24, 2.45) is 11.5 Å². The molecule has 1 unspecified atom stereocenters. The number of phenols is 1. The molecule has 22 heteroatoms. The molecule has 10 atom stereocenters. The number of fused-ring (bicyclic) bond motifs is 1. The number of carboxylic acid groups (broad SMARTS) is 1. The molecule has 5 aromatic carbocycles. The fourth-order valence-electron chi connectivity index (χ4n) is 8.59. The van der Waals surface area contributed by atoms with Gasteiger partial charge in [0.15, 0.2) is 0 Å². The van der Waals surface area contributed by atoms with Crippen LogP contribution in [-0.4, -0.2) is 135 Å². The van der Waals surface area contributed by atoms with E-state index in [1.807, 2.05) is 36.4 Å². The van der Waals surface area contributed by atoms with Gasteiger partial charge >= 0.3 is 5.97 Å². The zero-order chi connectivity index (χ0) is 57.6.